The van der Waals surface area contributed by atoms with Crippen molar-refractivity contribution in [3.8, 4) is 11.5 Å². The third-order valence-corrected chi connectivity index (χ3v) is 5.11. The van der Waals surface area contributed by atoms with Gasteiger partial charge >= 0.3 is 5.97 Å². The van der Waals surface area contributed by atoms with Crippen molar-refractivity contribution in [2.75, 3.05) is 26.2 Å². The number of aryl methyl sites for hydroxylation is 1. The minimum Gasteiger partial charge on any atom is -0.493 e. The van der Waals surface area contributed by atoms with Crippen LogP contribution in [0.25, 0.3) is 6.08 Å². The molecule has 6 nitrogen and oxygen atoms in total. The van der Waals surface area contributed by atoms with Gasteiger partial charge in [-0.25, -0.2) is 4.79 Å². The fourth-order valence-corrected chi connectivity index (χ4v) is 3.47. The number of benzene rings is 2. The van der Waals surface area contributed by atoms with E-state index in [-0.39, 0.29) is 11.5 Å². The van der Waals surface area contributed by atoms with Gasteiger partial charge in [0.2, 0.25) is 0 Å². The van der Waals surface area contributed by atoms with Gasteiger partial charge in [-0.2, -0.15) is 0 Å². The Kier molecular flexibility index (Phi) is 6.26. The van der Waals surface area contributed by atoms with Crippen LogP contribution in [0.2, 0.25) is 0 Å². The molecule has 0 bridgehead atoms. The van der Waals surface area contributed by atoms with Crippen molar-refractivity contribution in [2.24, 2.45) is 0 Å². The first-order valence-electron chi connectivity index (χ1n) is 9.61. The van der Waals surface area contributed by atoms with Crippen molar-refractivity contribution in [1.29, 1.82) is 0 Å². The predicted molar refractivity (Wildman–Crippen MR) is 116 cm³/mol. The Balaban J connectivity index is 2.10. The molecular formula is C24H25NO5. The van der Waals surface area contributed by atoms with Crippen molar-refractivity contribution in [2.45, 2.75) is 20.3 Å². The van der Waals surface area contributed by atoms with Gasteiger partial charge in [-0.3, -0.25) is 9.69 Å². The first kappa shape index (κ1) is 21.2. The molecule has 0 aliphatic carbocycles. The van der Waals surface area contributed by atoms with E-state index in [2.05, 4.69) is 6.92 Å². The average molecular weight is 407 g/mol. The van der Waals surface area contributed by atoms with Gasteiger partial charge in [0.1, 0.15) is 0 Å². The summed E-state index contributed by atoms with van der Waals surface area (Å²) in [6.45, 7) is 3.80. The number of esters is 1. The molecule has 2 aromatic carbocycles. The number of methoxy groups -OCH3 is 3. The van der Waals surface area contributed by atoms with Crippen LogP contribution in [0.4, 0.5) is 5.69 Å². The second kappa shape index (κ2) is 8.86. The van der Waals surface area contributed by atoms with E-state index >= 15 is 0 Å². The van der Waals surface area contributed by atoms with E-state index < -0.39 is 5.97 Å². The Morgan fingerprint density at radius 2 is 1.67 bits per heavy atom. The number of carbonyl (C=O) groups is 2. The lowest BCUT2D eigenvalue weighted by molar-refractivity contribution is -0.136. The standard InChI is InChI=1S/C24H25NO5/c1-6-16-7-9-17(10-8-16)13-19-22(24(27)30-5)15(2)25(23(19)26)18-11-12-20(28-3)21(14-18)29-4/h7-14H,6H2,1-5H3/b19-13-. The van der Waals surface area contributed by atoms with E-state index in [0.29, 0.717) is 28.5 Å². The molecule has 3 rings (SSSR count). The molecule has 2 aromatic rings. The zero-order chi connectivity index (χ0) is 21.8. The molecule has 0 N–H and O–H groups in total. The van der Waals surface area contributed by atoms with Crippen molar-refractivity contribution < 1.29 is 23.8 Å². The molecule has 0 spiro atoms. The summed E-state index contributed by atoms with van der Waals surface area (Å²) in [5, 5.41) is 0. The van der Waals surface area contributed by atoms with Crippen LogP contribution in [0.1, 0.15) is 25.0 Å². The molecule has 156 valence electrons. The first-order valence-corrected chi connectivity index (χ1v) is 9.61. The zero-order valence-electron chi connectivity index (χ0n) is 17.8. The third-order valence-electron chi connectivity index (χ3n) is 5.11. The van der Waals surface area contributed by atoms with Crippen LogP contribution in [0.5, 0.6) is 11.5 Å². The Morgan fingerprint density at radius 1 is 1.00 bits per heavy atom. The average Bonchev–Trinajstić information content (AvgIpc) is 3.02. The molecule has 0 saturated carbocycles. The highest BCUT2D eigenvalue weighted by atomic mass is 16.5. The van der Waals surface area contributed by atoms with Gasteiger partial charge in [-0.1, -0.05) is 31.2 Å². The first-order chi connectivity index (χ1) is 14.4. The summed E-state index contributed by atoms with van der Waals surface area (Å²) >= 11 is 0. The molecule has 6 heteroatoms. The lowest BCUT2D eigenvalue weighted by atomic mass is 10.0. The number of rotatable bonds is 6. The number of amides is 1. The molecule has 0 fully saturated rings. The lowest BCUT2D eigenvalue weighted by Gasteiger charge is -2.19. The fraction of sp³-hybridized carbons (Fsp3) is 0.250. The molecule has 0 radical (unpaired) electrons. The van der Waals surface area contributed by atoms with E-state index in [1.807, 2.05) is 24.3 Å². The van der Waals surface area contributed by atoms with Gasteiger partial charge in [0.05, 0.1) is 38.2 Å². The SMILES string of the molecule is CCc1ccc(/C=C2\C(=O)N(c3ccc(OC)c(OC)c3)C(C)=C2C(=O)OC)cc1. The smallest absolute Gasteiger partial charge is 0.340 e. The maximum atomic E-state index is 13.4. The molecule has 0 unspecified atom stereocenters. The topological polar surface area (TPSA) is 65.1 Å². The van der Waals surface area contributed by atoms with Crippen LogP contribution < -0.4 is 14.4 Å². The van der Waals surface area contributed by atoms with Crippen LogP contribution in [0, 0.1) is 0 Å². The zero-order valence-corrected chi connectivity index (χ0v) is 17.8. The number of allylic oxidation sites excluding steroid dienone is 1. The Bertz CT molecular complexity index is 1030. The number of carbonyl (C=O) groups excluding carboxylic acids is 2. The van der Waals surface area contributed by atoms with Crippen molar-refractivity contribution >= 4 is 23.6 Å². The molecule has 1 aliphatic heterocycles. The highest BCUT2D eigenvalue weighted by Crippen LogP contribution is 2.39. The van der Waals surface area contributed by atoms with Gasteiger partial charge in [0, 0.05) is 11.8 Å². The van der Waals surface area contributed by atoms with Crippen molar-refractivity contribution in [3.05, 3.63) is 70.4 Å². The molecule has 30 heavy (non-hydrogen) atoms. The number of ether oxygens (including phenoxy) is 3. The largest absolute Gasteiger partial charge is 0.493 e. The van der Waals surface area contributed by atoms with Crippen LogP contribution in [0.15, 0.2) is 59.3 Å². The van der Waals surface area contributed by atoms with Gasteiger partial charge in [0.25, 0.3) is 5.91 Å². The molecule has 1 aliphatic rings. The van der Waals surface area contributed by atoms with Crippen molar-refractivity contribution in [1.82, 2.24) is 0 Å². The molecule has 0 aromatic heterocycles. The van der Waals surface area contributed by atoms with Gasteiger partial charge in [-0.15, -0.1) is 0 Å². The van der Waals surface area contributed by atoms with E-state index in [1.165, 1.54) is 24.7 Å². The van der Waals surface area contributed by atoms with Gasteiger partial charge < -0.3 is 14.2 Å². The Labute approximate surface area is 176 Å². The predicted octanol–water partition coefficient (Wildman–Crippen LogP) is 4.14. The highest BCUT2D eigenvalue weighted by Gasteiger charge is 2.38. The van der Waals surface area contributed by atoms with E-state index in [4.69, 9.17) is 14.2 Å². The molecule has 0 saturated heterocycles. The second-order valence-corrected chi connectivity index (χ2v) is 6.78. The number of anilines is 1. The second-order valence-electron chi connectivity index (χ2n) is 6.78. The summed E-state index contributed by atoms with van der Waals surface area (Å²) < 4.78 is 15.6. The minimum absolute atomic E-state index is 0.247. The van der Waals surface area contributed by atoms with Crippen LogP contribution in [-0.4, -0.2) is 33.2 Å². The maximum Gasteiger partial charge on any atom is 0.340 e. The lowest BCUT2D eigenvalue weighted by Crippen LogP contribution is -2.24. The van der Waals surface area contributed by atoms with E-state index in [9.17, 15) is 9.59 Å². The Hall–Kier alpha value is -3.54. The third kappa shape index (κ3) is 3.81. The molecule has 0 atom stereocenters. The van der Waals surface area contributed by atoms with Crippen molar-refractivity contribution in [3.63, 3.8) is 0 Å². The summed E-state index contributed by atoms with van der Waals surface area (Å²) in [6.07, 6.45) is 2.65. The highest BCUT2D eigenvalue weighted by molar-refractivity contribution is 6.23. The summed E-state index contributed by atoms with van der Waals surface area (Å²) in [5.41, 5.74) is 3.63. The van der Waals surface area contributed by atoms with Gasteiger partial charge in [0.15, 0.2) is 11.5 Å². The molecule has 1 amide bonds. The van der Waals surface area contributed by atoms with Crippen LogP contribution in [-0.2, 0) is 20.7 Å². The number of hydrogen-bond acceptors (Lipinski definition) is 5. The maximum absolute atomic E-state index is 13.4. The fourth-order valence-electron chi connectivity index (χ4n) is 3.47. The summed E-state index contributed by atoms with van der Waals surface area (Å²) in [7, 11) is 4.38. The number of nitrogens with zero attached hydrogens (tertiary/aromatic N) is 1. The normalized spacial score (nSPS) is 15.0. The van der Waals surface area contributed by atoms with Crippen LogP contribution in [0.3, 0.4) is 0 Å². The van der Waals surface area contributed by atoms with Gasteiger partial charge in [-0.05, 0) is 42.7 Å². The quantitative estimate of drug-likeness (QED) is 0.532. The molecular weight excluding hydrogens is 382 g/mol. The monoisotopic (exact) mass is 407 g/mol. The van der Waals surface area contributed by atoms with Crippen LogP contribution >= 0.6 is 0 Å². The van der Waals surface area contributed by atoms with E-state index in [1.54, 1.807) is 38.3 Å². The summed E-state index contributed by atoms with van der Waals surface area (Å²) in [5.74, 6) is 0.178. The number of hydrogen-bond donors (Lipinski definition) is 0. The minimum atomic E-state index is -0.555. The molecule has 1 heterocycles. The Morgan fingerprint density at radius 3 is 2.23 bits per heavy atom. The summed E-state index contributed by atoms with van der Waals surface area (Å²) in [4.78, 5) is 27.4. The van der Waals surface area contributed by atoms with E-state index in [0.717, 1.165) is 12.0 Å². The summed E-state index contributed by atoms with van der Waals surface area (Å²) in [6, 6.07) is 13.0.